The lowest BCUT2D eigenvalue weighted by Crippen LogP contribution is -2.42. The van der Waals surface area contributed by atoms with Crippen molar-refractivity contribution in [2.75, 3.05) is 11.9 Å². The van der Waals surface area contributed by atoms with Crippen LogP contribution in [0.15, 0.2) is 16.6 Å². The van der Waals surface area contributed by atoms with Gasteiger partial charge < -0.3 is 10.1 Å². The Labute approximate surface area is 120 Å². The van der Waals surface area contributed by atoms with E-state index in [-0.39, 0.29) is 17.3 Å². The van der Waals surface area contributed by atoms with Crippen molar-refractivity contribution in [3.63, 3.8) is 0 Å². The minimum absolute atomic E-state index is 0.0314. The normalized spacial score (nSPS) is 27.3. The molecule has 19 heavy (non-hydrogen) atoms. The number of benzene rings is 1. The van der Waals surface area contributed by atoms with Gasteiger partial charge in [-0.05, 0) is 38.3 Å². The van der Waals surface area contributed by atoms with Crippen LogP contribution in [0.1, 0.15) is 33.1 Å². The third-order valence-corrected chi connectivity index (χ3v) is 4.16. The highest BCUT2D eigenvalue weighted by Gasteiger charge is 2.32. The van der Waals surface area contributed by atoms with Crippen LogP contribution in [0, 0.1) is 11.6 Å². The van der Waals surface area contributed by atoms with Crippen LogP contribution in [0.4, 0.5) is 14.5 Å². The molecule has 1 heterocycles. The summed E-state index contributed by atoms with van der Waals surface area (Å²) in [5.41, 5.74) is -0.258. The number of hydrogen-bond donors (Lipinski definition) is 1. The van der Waals surface area contributed by atoms with Crippen molar-refractivity contribution < 1.29 is 13.5 Å². The summed E-state index contributed by atoms with van der Waals surface area (Å²) in [4.78, 5) is 0. The van der Waals surface area contributed by atoms with Gasteiger partial charge in [-0.15, -0.1) is 0 Å². The predicted octanol–water partition coefficient (Wildman–Crippen LogP) is 4.49. The van der Waals surface area contributed by atoms with Crippen molar-refractivity contribution in [3.8, 4) is 0 Å². The average molecular weight is 334 g/mol. The molecule has 0 amide bonds. The number of halogens is 3. The lowest BCUT2D eigenvalue weighted by atomic mass is 9.90. The van der Waals surface area contributed by atoms with Crippen molar-refractivity contribution in [1.29, 1.82) is 0 Å². The summed E-state index contributed by atoms with van der Waals surface area (Å²) >= 11 is 3.07. The molecule has 1 fully saturated rings. The Morgan fingerprint density at radius 2 is 2.05 bits per heavy atom. The smallest absolute Gasteiger partial charge is 0.150 e. The molecule has 1 saturated heterocycles. The molecule has 5 heteroatoms. The number of hydrogen-bond acceptors (Lipinski definition) is 2. The van der Waals surface area contributed by atoms with Gasteiger partial charge in [-0.25, -0.2) is 8.78 Å². The maximum Gasteiger partial charge on any atom is 0.150 e. The number of ether oxygens (including phenoxy) is 1. The Balaban J connectivity index is 2.13. The molecule has 1 aliphatic heterocycles. The Bertz CT molecular complexity index is 446. The van der Waals surface area contributed by atoms with Gasteiger partial charge in [0, 0.05) is 17.1 Å². The van der Waals surface area contributed by atoms with Crippen LogP contribution in [0.2, 0.25) is 0 Å². The minimum atomic E-state index is -0.573. The molecular formula is C14H18BrF2NO. The molecule has 1 N–H and O–H groups in total. The fourth-order valence-electron chi connectivity index (χ4n) is 2.38. The molecule has 2 rings (SSSR count). The standard InChI is InChI=1S/C14H18BrF2NO/c1-3-14(2)8-10(4-5-19-14)18-13-11(16)6-9(15)7-12(13)17/h6-7,10,18H,3-5,8H2,1-2H3. The van der Waals surface area contributed by atoms with E-state index in [2.05, 4.69) is 28.2 Å². The molecule has 0 saturated carbocycles. The van der Waals surface area contributed by atoms with E-state index in [4.69, 9.17) is 4.74 Å². The van der Waals surface area contributed by atoms with Crippen LogP contribution in [0.25, 0.3) is 0 Å². The van der Waals surface area contributed by atoms with Crippen LogP contribution in [-0.4, -0.2) is 18.2 Å². The molecule has 1 aromatic carbocycles. The van der Waals surface area contributed by atoms with Crippen LogP contribution in [0.5, 0.6) is 0 Å². The maximum atomic E-state index is 13.8. The zero-order valence-electron chi connectivity index (χ0n) is 11.1. The van der Waals surface area contributed by atoms with E-state index in [1.54, 1.807) is 0 Å². The first-order chi connectivity index (χ1) is 8.93. The highest BCUT2D eigenvalue weighted by molar-refractivity contribution is 9.10. The molecule has 2 unspecified atom stereocenters. The van der Waals surface area contributed by atoms with Gasteiger partial charge >= 0.3 is 0 Å². The summed E-state index contributed by atoms with van der Waals surface area (Å²) in [6.45, 7) is 4.71. The molecular weight excluding hydrogens is 316 g/mol. The van der Waals surface area contributed by atoms with Gasteiger partial charge in [0.25, 0.3) is 0 Å². The highest BCUT2D eigenvalue weighted by atomic mass is 79.9. The Morgan fingerprint density at radius 3 is 2.63 bits per heavy atom. The second-order valence-electron chi connectivity index (χ2n) is 5.23. The minimum Gasteiger partial charge on any atom is -0.377 e. The lowest BCUT2D eigenvalue weighted by molar-refractivity contribution is -0.0709. The van der Waals surface area contributed by atoms with Crippen LogP contribution >= 0.6 is 15.9 Å². The first-order valence-corrected chi connectivity index (χ1v) is 7.28. The lowest BCUT2D eigenvalue weighted by Gasteiger charge is -2.38. The summed E-state index contributed by atoms with van der Waals surface area (Å²) < 4.78 is 33.7. The Kier molecular flexibility index (Phi) is 4.46. The van der Waals surface area contributed by atoms with Gasteiger partial charge in [0.15, 0.2) is 0 Å². The third-order valence-electron chi connectivity index (χ3n) is 3.70. The van der Waals surface area contributed by atoms with E-state index in [1.165, 1.54) is 12.1 Å². The maximum absolute atomic E-state index is 13.8. The summed E-state index contributed by atoms with van der Waals surface area (Å²) in [6, 6.07) is 2.57. The van der Waals surface area contributed by atoms with E-state index < -0.39 is 11.6 Å². The molecule has 0 aromatic heterocycles. The number of nitrogens with one attached hydrogen (secondary N) is 1. The summed E-state index contributed by atoms with van der Waals surface area (Å²) in [7, 11) is 0. The van der Waals surface area contributed by atoms with Crippen molar-refractivity contribution in [1.82, 2.24) is 0 Å². The molecule has 2 nitrogen and oxygen atoms in total. The first-order valence-electron chi connectivity index (χ1n) is 6.48. The second kappa shape index (κ2) is 5.75. The first kappa shape index (κ1) is 14.7. The summed E-state index contributed by atoms with van der Waals surface area (Å²) in [5.74, 6) is -1.15. The fourth-order valence-corrected chi connectivity index (χ4v) is 2.79. The summed E-state index contributed by atoms with van der Waals surface area (Å²) in [5, 5.41) is 2.98. The quantitative estimate of drug-likeness (QED) is 0.880. The Morgan fingerprint density at radius 1 is 1.42 bits per heavy atom. The van der Waals surface area contributed by atoms with E-state index in [1.807, 2.05) is 6.92 Å². The molecule has 2 atom stereocenters. The molecule has 0 radical (unpaired) electrons. The van der Waals surface area contributed by atoms with Crippen LogP contribution in [-0.2, 0) is 4.74 Å². The van der Waals surface area contributed by atoms with Gasteiger partial charge in [-0.1, -0.05) is 22.9 Å². The van der Waals surface area contributed by atoms with Crippen molar-refractivity contribution in [3.05, 3.63) is 28.2 Å². The molecule has 0 spiro atoms. The summed E-state index contributed by atoms with van der Waals surface area (Å²) in [6.07, 6.45) is 2.39. The van der Waals surface area contributed by atoms with Gasteiger partial charge in [-0.2, -0.15) is 0 Å². The van der Waals surface area contributed by atoms with E-state index in [0.717, 1.165) is 19.3 Å². The van der Waals surface area contributed by atoms with E-state index in [9.17, 15) is 8.78 Å². The molecule has 106 valence electrons. The van der Waals surface area contributed by atoms with Crippen LogP contribution < -0.4 is 5.32 Å². The van der Waals surface area contributed by atoms with Gasteiger partial charge in [0.05, 0.1) is 5.60 Å². The topological polar surface area (TPSA) is 21.3 Å². The number of anilines is 1. The largest absolute Gasteiger partial charge is 0.377 e. The Hall–Kier alpha value is -0.680. The van der Waals surface area contributed by atoms with E-state index >= 15 is 0 Å². The van der Waals surface area contributed by atoms with Gasteiger partial charge in [0.1, 0.15) is 17.3 Å². The SMILES string of the molecule is CCC1(C)CC(Nc2c(F)cc(Br)cc2F)CCO1. The predicted molar refractivity (Wildman–Crippen MR) is 75.4 cm³/mol. The zero-order chi connectivity index (χ0) is 14.0. The number of rotatable bonds is 3. The van der Waals surface area contributed by atoms with E-state index in [0.29, 0.717) is 11.1 Å². The molecule has 0 bridgehead atoms. The second-order valence-corrected chi connectivity index (χ2v) is 6.15. The highest BCUT2D eigenvalue weighted by Crippen LogP contribution is 2.31. The van der Waals surface area contributed by atoms with Crippen molar-refractivity contribution in [2.24, 2.45) is 0 Å². The molecule has 0 aliphatic carbocycles. The monoisotopic (exact) mass is 333 g/mol. The van der Waals surface area contributed by atoms with Gasteiger partial charge in [-0.3, -0.25) is 0 Å². The average Bonchev–Trinajstić information content (AvgIpc) is 2.34. The van der Waals surface area contributed by atoms with Crippen LogP contribution in [0.3, 0.4) is 0 Å². The van der Waals surface area contributed by atoms with Crippen molar-refractivity contribution in [2.45, 2.75) is 44.8 Å². The molecule has 1 aromatic rings. The third kappa shape index (κ3) is 3.45. The fraction of sp³-hybridized carbons (Fsp3) is 0.571. The molecule has 1 aliphatic rings. The van der Waals surface area contributed by atoms with Gasteiger partial charge in [0.2, 0.25) is 0 Å². The van der Waals surface area contributed by atoms with Crippen molar-refractivity contribution >= 4 is 21.6 Å². The zero-order valence-corrected chi connectivity index (χ0v) is 12.7.